The molecule has 0 bridgehead atoms. The molecule has 29 heavy (non-hydrogen) atoms. The number of carbonyl (C=O) groups is 2. The number of imide groups is 1. The Morgan fingerprint density at radius 3 is 2.76 bits per heavy atom. The summed E-state index contributed by atoms with van der Waals surface area (Å²) < 4.78 is 13.5. The first-order valence-corrected chi connectivity index (χ1v) is 9.13. The third kappa shape index (κ3) is 4.63. The van der Waals surface area contributed by atoms with Crippen molar-refractivity contribution in [3.05, 3.63) is 70.0 Å². The maximum atomic E-state index is 13.5. The van der Waals surface area contributed by atoms with Crippen LogP contribution in [-0.2, 0) is 9.59 Å². The van der Waals surface area contributed by atoms with Gasteiger partial charge in [-0.05, 0) is 12.1 Å². The van der Waals surface area contributed by atoms with Gasteiger partial charge in [0.2, 0.25) is 11.8 Å². The van der Waals surface area contributed by atoms with Crippen LogP contribution in [0.1, 0.15) is 12.0 Å². The lowest BCUT2D eigenvalue weighted by molar-refractivity contribution is -0.384. The minimum atomic E-state index is -0.839. The lowest BCUT2D eigenvalue weighted by atomic mass is 10.2. The number of anilines is 1. The second-order valence-corrected chi connectivity index (χ2v) is 7.08. The quantitative estimate of drug-likeness (QED) is 0.262. The molecule has 0 saturated carbocycles. The van der Waals surface area contributed by atoms with E-state index in [1.807, 2.05) is 0 Å². The fraction of sp³-hybridized carbons (Fsp3) is 0.111. The van der Waals surface area contributed by atoms with Crippen molar-refractivity contribution in [3.63, 3.8) is 0 Å². The van der Waals surface area contributed by atoms with Gasteiger partial charge in [-0.1, -0.05) is 36.0 Å². The van der Waals surface area contributed by atoms with Crippen molar-refractivity contribution in [1.29, 1.82) is 0 Å². The van der Waals surface area contributed by atoms with E-state index in [4.69, 9.17) is 5.73 Å². The van der Waals surface area contributed by atoms with Crippen LogP contribution in [-0.4, -0.2) is 33.4 Å². The van der Waals surface area contributed by atoms with Gasteiger partial charge >= 0.3 is 0 Å². The Morgan fingerprint density at radius 1 is 1.28 bits per heavy atom. The van der Waals surface area contributed by atoms with Crippen molar-refractivity contribution < 1.29 is 18.9 Å². The highest BCUT2D eigenvalue weighted by Crippen LogP contribution is 2.31. The van der Waals surface area contributed by atoms with Crippen LogP contribution in [0.5, 0.6) is 0 Å². The number of thioether (sulfide) groups is 1. The van der Waals surface area contributed by atoms with Gasteiger partial charge < -0.3 is 5.73 Å². The molecule has 148 valence electrons. The van der Waals surface area contributed by atoms with Crippen molar-refractivity contribution >= 4 is 46.3 Å². The number of rotatable bonds is 5. The summed E-state index contributed by atoms with van der Waals surface area (Å²) in [6, 6.07) is 11.2. The molecule has 1 saturated heterocycles. The van der Waals surface area contributed by atoms with Crippen molar-refractivity contribution in [2.45, 2.75) is 11.7 Å². The Hall–Kier alpha value is -3.60. The number of nitro groups is 1. The molecule has 2 amide bonds. The van der Waals surface area contributed by atoms with Crippen LogP contribution in [0.3, 0.4) is 0 Å². The van der Waals surface area contributed by atoms with Crippen LogP contribution >= 0.6 is 11.8 Å². The van der Waals surface area contributed by atoms with Crippen LogP contribution in [0, 0.1) is 15.9 Å². The van der Waals surface area contributed by atoms with Crippen LogP contribution < -0.4 is 10.6 Å². The number of hydrogen-bond acceptors (Lipinski definition) is 7. The van der Waals surface area contributed by atoms with E-state index in [0.717, 1.165) is 22.7 Å². The highest BCUT2D eigenvalue weighted by Gasteiger charge is 2.41. The molecule has 9 nitrogen and oxygen atoms in total. The predicted octanol–water partition coefficient (Wildman–Crippen LogP) is 2.45. The van der Waals surface area contributed by atoms with E-state index >= 15 is 0 Å². The van der Waals surface area contributed by atoms with Crippen molar-refractivity contribution in [1.82, 2.24) is 0 Å². The molecule has 2 aromatic carbocycles. The smallest absolute Gasteiger partial charge is 0.271 e. The minimum absolute atomic E-state index is 0.0790. The first kappa shape index (κ1) is 20.1. The molecule has 0 spiro atoms. The van der Waals surface area contributed by atoms with E-state index in [9.17, 15) is 24.1 Å². The average Bonchev–Trinajstić information content (AvgIpc) is 2.96. The third-order valence-corrected chi connectivity index (χ3v) is 4.90. The fourth-order valence-corrected chi connectivity index (χ4v) is 3.43. The summed E-state index contributed by atoms with van der Waals surface area (Å²) in [5, 5.41) is 17.4. The van der Waals surface area contributed by atoms with E-state index in [0.29, 0.717) is 0 Å². The van der Waals surface area contributed by atoms with Crippen molar-refractivity contribution in [2.24, 2.45) is 15.9 Å². The second kappa shape index (κ2) is 8.61. The standard InChI is InChI=1S/C18H14FN5O4S/c19-14-7-2-1-4-11(14)10-21-22-18(20)29-15-9-16(25)23(17(15)26)12-5-3-6-13(8-12)24(27)28/h1-8,10,15H,9H2,(H2,20,22)/b21-10-/t15-/m1/s1. The Kier molecular flexibility index (Phi) is 5.98. The van der Waals surface area contributed by atoms with E-state index in [1.165, 1.54) is 42.6 Å². The molecule has 1 atom stereocenters. The van der Waals surface area contributed by atoms with Gasteiger partial charge in [0.25, 0.3) is 5.69 Å². The van der Waals surface area contributed by atoms with Gasteiger partial charge in [0.1, 0.15) is 11.1 Å². The lowest BCUT2D eigenvalue weighted by Gasteiger charge is -2.14. The number of non-ortho nitro benzene ring substituents is 1. The summed E-state index contributed by atoms with van der Waals surface area (Å²) in [7, 11) is 0. The maximum Gasteiger partial charge on any atom is 0.271 e. The summed E-state index contributed by atoms with van der Waals surface area (Å²) in [5.74, 6) is -1.53. The minimum Gasteiger partial charge on any atom is -0.377 e. The van der Waals surface area contributed by atoms with Crippen LogP contribution in [0.2, 0.25) is 0 Å². The third-order valence-electron chi connectivity index (χ3n) is 3.93. The van der Waals surface area contributed by atoms with Crippen molar-refractivity contribution in [3.8, 4) is 0 Å². The summed E-state index contributed by atoms with van der Waals surface area (Å²) in [6.45, 7) is 0. The number of nitrogens with zero attached hydrogens (tertiary/aromatic N) is 4. The average molecular weight is 415 g/mol. The summed E-state index contributed by atoms with van der Waals surface area (Å²) in [4.78, 5) is 36.0. The zero-order valence-corrected chi connectivity index (χ0v) is 15.6. The molecule has 1 heterocycles. The molecule has 0 aromatic heterocycles. The number of halogens is 1. The maximum absolute atomic E-state index is 13.5. The highest BCUT2D eigenvalue weighted by atomic mass is 32.2. The first-order valence-electron chi connectivity index (χ1n) is 8.25. The van der Waals surface area contributed by atoms with Crippen molar-refractivity contribution in [2.75, 3.05) is 4.90 Å². The summed E-state index contributed by atoms with van der Waals surface area (Å²) >= 11 is 0.842. The van der Waals surface area contributed by atoms with E-state index in [-0.39, 0.29) is 28.5 Å². The number of nitro benzene ring substituents is 1. The topological polar surface area (TPSA) is 131 Å². The molecule has 1 fully saturated rings. The number of amides is 2. The molecule has 1 aliphatic rings. The van der Waals surface area contributed by atoms with Gasteiger partial charge in [0.15, 0.2) is 5.17 Å². The van der Waals surface area contributed by atoms with Gasteiger partial charge in [0, 0.05) is 24.1 Å². The van der Waals surface area contributed by atoms with Crippen LogP contribution in [0.25, 0.3) is 0 Å². The van der Waals surface area contributed by atoms with Gasteiger partial charge in [0.05, 0.1) is 16.8 Å². The molecule has 1 aliphatic heterocycles. The highest BCUT2D eigenvalue weighted by molar-refractivity contribution is 8.14. The number of carbonyl (C=O) groups excluding carboxylic acids is 2. The zero-order valence-electron chi connectivity index (χ0n) is 14.8. The van der Waals surface area contributed by atoms with Gasteiger partial charge in [-0.2, -0.15) is 5.10 Å². The van der Waals surface area contributed by atoms with E-state index < -0.39 is 27.8 Å². The molecular weight excluding hydrogens is 401 g/mol. The zero-order chi connectivity index (χ0) is 21.0. The Balaban J connectivity index is 1.70. The Morgan fingerprint density at radius 2 is 2.03 bits per heavy atom. The molecule has 0 aliphatic carbocycles. The van der Waals surface area contributed by atoms with Gasteiger partial charge in [-0.25, -0.2) is 9.29 Å². The molecule has 11 heteroatoms. The van der Waals surface area contributed by atoms with Gasteiger partial charge in [-0.3, -0.25) is 19.7 Å². The molecule has 0 radical (unpaired) electrons. The van der Waals surface area contributed by atoms with E-state index in [2.05, 4.69) is 10.2 Å². The molecule has 3 rings (SSSR count). The SMILES string of the molecule is NC(=N/N=C\c1ccccc1F)S[C@@H]1CC(=O)N(c2cccc([N+](=O)[O-])c2)C1=O. The van der Waals surface area contributed by atoms with Crippen LogP contribution in [0.4, 0.5) is 15.8 Å². The number of benzene rings is 2. The Bertz CT molecular complexity index is 1040. The van der Waals surface area contributed by atoms with Crippen LogP contribution in [0.15, 0.2) is 58.7 Å². The molecular formula is C18H14FN5O4S. The normalized spacial score (nSPS) is 17.3. The Labute approximate surface area is 168 Å². The summed E-state index contributed by atoms with van der Waals surface area (Å²) in [6.07, 6.45) is 1.04. The molecule has 2 N–H and O–H groups in total. The molecule has 2 aromatic rings. The number of hydrogen-bond donors (Lipinski definition) is 1. The first-order chi connectivity index (χ1) is 13.9. The number of nitrogens with two attached hydrogens (primary N) is 1. The second-order valence-electron chi connectivity index (χ2n) is 5.86. The largest absolute Gasteiger partial charge is 0.377 e. The summed E-state index contributed by atoms with van der Waals surface area (Å²) in [5.41, 5.74) is 5.85. The monoisotopic (exact) mass is 415 g/mol. The fourth-order valence-electron chi connectivity index (χ4n) is 2.61. The lowest BCUT2D eigenvalue weighted by Crippen LogP contribution is -2.31. The predicted molar refractivity (Wildman–Crippen MR) is 107 cm³/mol. The van der Waals surface area contributed by atoms with Gasteiger partial charge in [-0.15, -0.1) is 5.10 Å². The molecule has 0 unspecified atom stereocenters. The van der Waals surface area contributed by atoms with E-state index in [1.54, 1.807) is 6.07 Å². The number of amidine groups is 1.